The predicted molar refractivity (Wildman–Crippen MR) is 80.0 cm³/mol. The molecule has 0 spiro atoms. The molecule has 0 aliphatic carbocycles. The Morgan fingerprint density at radius 2 is 1.75 bits per heavy atom. The topological polar surface area (TPSA) is 46.3 Å². The summed E-state index contributed by atoms with van der Waals surface area (Å²) in [6, 6.07) is 6.25. The summed E-state index contributed by atoms with van der Waals surface area (Å²) < 4.78 is 12.9. The Morgan fingerprint density at radius 1 is 1.20 bits per heavy atom. The van der Waals surface area contributed by atoms with Gasteiger partial charge in [-0.1, -0.05) is 26.0 Å². The van der Waals surface area contributed by atoms with Crippen LogP contribution in [0, 0.1) is 5.82 Å². The Balaban J connectivity index is 2.71. The van der Waals surface area contributed by atoms with Gasteiger partial charge in [-0.15, -0.1) is 0 Å². The smallest absolute Gasteiger partial charge is 0.223 e. The van der Waals surface area contributed by atoms with Crippen LogP contribution in [0.25, 0.3) is 0 Å². The fourth-order valence-electron chi connectivity index (χ4n) is 2.31. The van der Waals surface area contributed by atoms with Crippen molar-refractivity contribution in [2.24, 2.45) is 5.73 Å². The SMILES string of the molecule is CCCN(CCC)C(=O)CC(CN)c1ccc(F)cc1. The van der Waals surface area contributed by atoms with Gasteiger partial charge in [0.05, 0.1) is 0 Å². The first kappa shape index (κ1) is 16.6. The van der Waals surface area contributed by atoms with Crippen LogP contribution in [0.2, 0.25) is 0 Å². The fraction of sp³-hybridized carbons (Fsp3) is 0.562. The number of amides is 1. The summed E-state index contributed by atoms with van der Waals surface area (Å²) in [7, 11) is 0. The molecule has 3 nitrogen and oxygen atoms in total. The van der Waals surface area contributed by atoms with E-state index in [-0.39, 0.29) is 17.6 Å². The van der Waals surface area contributed by atoms with Gasteiger partial charge in [-0.3, -0.25) is 4.79 Å². The Bertz CT molecular complexity index is 399. The molecule has 0 heterocycles. The molecule has 1 unspecified atom stereocenters. The lowest BCUT2D eigenvalue weighted by Crippen LogP contribution is -2.34. The number of carbonyl (C=O) groups excluding carboxylic acids is 1. The highest BCUT2D eigenvalue weighted by atomic mass is 19.1. The molecule has 2 N–H and O–H groups in total. The summed E-state index contributed by atoms with van der Waals surface area (Å²) in [6.07, 6.45) is 2.30. The third-order valence-electron chi connectivity index (χ3n) is 3.39. The lowest BCUT2D eigenvalue weighted by atomic mass is 9.95. The van der Waals surface area contributed by atoms with Gasteiger partial charge in [0.15, 0.2) is 0 Å². The van der Waals surface area contributed by atoms with E-state index >= 15 is 0 Å². The molecule has 0 fully saturated rings. The summed E-state index contributed by atoms with van der Waals surface area (Å²) in [4.78, 5) is 14.2. The van der Waals surface area contributed by atoms with Crippen LogP contribution in [0.4, 0.5) is 4.39 Å². The van der Waals surface area contributed by atoms with Gasteiger partial charge < -0.3 is 10.6 Å². The summed E-state index contributed by atoms with van der Waals surface area (Å²) in [5.41, 5.74) is 6.70. The van der Waals surface area contributed by atoms with E-state index in [0.717, 1.165) is 31.5 Å². The minimum atomic E-state index is -0.269. The molecule has 1 aromatic carbocycles. The fourth-order valence-corrected chi connectivity index (χ4v) is 2.31. The van der Waals surface area contributed by atoms with Crippen LogP contribution in [0.1, 0.15) is 44.6 Å². The van der Waals surface area contributed by atoms with Crippen molar-refractivity contribution in [2.75, 3.05) is 19.6 Å². The average Bonchev–Trinajstić information content (AvgIpc) is 2.45. The minimum Gasteiger partial charge on any atom is -0.343 e. The molecule has 1 aromatic rings. The van der Waals surface area contributed by atoms with Crippen LogP contribution in [0.15, 0.2) is 24.3 Å². The zero-order valence-electron chi connectivity index (χ0n) is 12.4. The van der Waals surface area contributed by atoms with Crippen molar-refractivity contribution >= 4 is 5.91 Å². The number of hydrogen-bond donors (Lipinski definition) is 1. The van der Waals surface area contributed by atoms with E-state index in [1.807, 2.05) is 4.90 Å². The van der Waals surface area contributed by atoms with Gasteiger partial charge in [-0.05, 0) is 37.1 Å². The zero-order chi connectivity index (χ0) is 15.0. The first-order valence-corrected chi connectivity index (χ1v) is 7.35. The van der Waals surface area contributed by atoms with Crippen molar-refractivity contribution in [2.45, 2.75) is 39.0 Å². The molecular formula is C16H25FN2O. The van der Waals surface area contributed by atoms with Gasteiger partial charge in [0.25, 0.3) is 0 Å². The number of nitrogens with zero attached hydrogens (tertiary/aromatic N) is 1. The molecule has 1 atom stereocenters. The van der Waals surface area contributed by atoms with E-state index in [9.17, 15) is 9.18 Å². The monoisotopic (exact) mass is 280 g/mol. The number of carbonyl (C=O) groups is 1. The van der Waals surface area contributed by atoms with E-state index in [0.29, 0.717) is 13.0 Å². The highest BCUT2D eigenvalue weighted by molar-refractivity contribution is 5.77. The minimum absolute atomic E-state index is 0.0423. The normalized spacial score (nSPS) is 12.2. The predicted octanol–water partition coefficient (Wildman–Crippen LogP) is 2.91. The number of nitrogens with two attached hydrogens (primary N) is 1. The molecule has 0 aliphatic heterocycles. The van der Waals surface area contributed by atoms with Gasteiger partial charge >= 0.3 is 0 Å². The quantitative estimate of drug-likeness (QED) is 0.796. The number of hydrogen-bond acceptors (Lipinski definition) is 2. The average molecular weight is 280 g/mol. The van der Waals surface area contributed by atoms with Crippen LogP contribution >= 0.6 is 0 Å². The van der Waals surface area contributed by atoms with E-state index in [4.69, 9.17) is 5.73 Å². The van der Waals surface area contributed by atoms with E-state index in [1.165, 1.54) is 12.1 Å². The molecule has 0 aromatic heterocycles. The lowest BCUT2D eigenvalue weighted by Gasteiger charge is -2.24. The molecule has 1 amide bonds. The maximum absolute atomic E-state index is 12.9. The largest absolute Gasteiger partial charge is 0.343 e. The van der Waals surface area contributed by atoms with Crippen molar-refractivity contribution in [1.82, 2.24) is 4.90 Å². The van der Waals surface area contributed by atoms with Crippen LogP contribution in [0.3, 0.4) is 0 Å². The van der Waals surface area contributed by atoms with Crippen molar-refractivity contribution in [3.8, 4) is 0 Å². The van der Waals surface area contributed by atoms with Gasteiger partial charge in [0.1, 0.15) is 5.82 Å². The van der Waals surface area contributed by atoms with E-state index in [2.05, 4.69) is 13.8 Å². The van der Waals surface area contributed by atoms with Crippen LogP contribution < -0.4 is 5.73 Å². The Morgan fingerprint density at radius 3 is 2.20 bits per heavy atom. The molecule has 0 saturated heterocycles. The maximum atomic E-state index is 12.9. The van der Waals surface area contributed by atoms with E-state index in [1.54, 1.807) is 12.1 Å². The third-order valence-corrected chi connectivity index (χ3v) is 3.39. The second kappa shape index (κ2) is 8.69. The molecule has 1 rings (SSSR count). The van der Waals surface area contributed by atoms with Crippen molar-refractivity contribution < 1.29 is 9.18 Å². The zero-order valence-corrected chi connectivity index (χ0v) is 12.4. The molecule has 20 heavy (non-hydrogen) atoms. The van der Waals surface area contributed by atoms with Gasteiger partial charge in [0.2, 0.25) is 5.91 Å². The second-order valence-corrected chi connectivity index (χ2v) is 5.07. The number of rotatable bonds is 8. The first-order valence-electron chi connectivity index (χ1n) is 7.35. The standard InChI is InChI=1S/C16H25FN2O/c1-3-9-19(10-4-2)16(20)11-14(12-18)13-5-7-15(17)8-6-13/h5-8,14H,3-4,9-12,18H2,1-2H3. The molecule has 0 radical (unpaired) electrons. The highest BCUT2D eigenvalue weighted by Crippen LogP contribution is 2.20. The Hall–Kier alpha value is -1.42. The molecule has 0 saturated carbocycles. The number of benzene rings is 1. The summed E-state index contributed by atoms with van der Waals surface area (Å²) in [5, 5.41) is 0. The van der Waals surface area contributed by atoms with Gasteiger partial charge in [0, 0.05) is 25.4 Å². The first-order chi connectivity index (χ1) is 9.62. The summed E-state index contributed by atoms with van der Waals surface area (Å²) >= 11 is 0. The molecule has 0 bridgehead atoms. The third kappa shape index (κ3) is 4.93. The van der Waals surface area contributed by atoms with Crippen LogP contribution in [-0.4, -0.2) is 30.4 Å². The maximum Gasteiger partial charge on any atom is 0.223 e. The van der Waals surface area contributed by atoms with Crippen LogP contribution in [-0.2, 0) is 4.79 Å². The van der Waals surface area contributed by atoms with Crippen molar-refractivity contribution in [3.63, 3.8) is 0 Å². The van der Waals surface area contributed by atoms with Crippen LogP contribution in [0.5, 0.6) is 0 Å². The molecular weight excluding hydrogens is 255 g/mol. The van der Waals surface area contributed by atoms with E-state index < -0.39 is 0 Å². The summed E-state index contributed by atoms with van der Waals surface area (Å²) in [6.45, 7) is 6.09. The van der Waals surface area contributed by atoms with Crippen molar-refractivity contribution in [1.29, 1.82) is 0 Å². The van der Waals surface area contributed by atoms with Crippen molar-refractivity contribution in [3.05, 3.63) is 35.6 Å². The van der Waals surface area contributed by atoms with Gasteiger partial charge in [-0.2, -0.15) is 0 Å². The Labute approximate surface area is 121 Å². The molecule has 112 valence electrons. The second-order valence-electron chi connectivity index (χ2n) is 5.07. The highest BCUT2D eigenvalue weighted by Gasteiger charge is 2.18. The summed E-state index contributed by atoms with van der Waals surface area (Å²) in [5.74, 6) is -0.178. The molecule has 0 aliphatic rings. The Kier molecular flexibility index (Phi) is 7.23. The van der Waals surface area contributed by atoms with Gasteiger partial charge in [-0.25, -0.2) is 4.39 Å². The lowest BCUT2D eigenvalue weighted by molar-refractivity contribution is -0.131. The number of halogens is 1. The molecule has 4 heteroatoms.